The molecule has 1 amide bonds. The number of piperidine rings is 1. The van der Waals surface area contributed by atoms with E-state index in [0.29, 0.717) is 12.5 Å². The van der Waals surface area contributed by atoms with Gasteiger partial charge in [-0.3, -0.25) is 9.89 Å². The van der Waals surface area contributed by atoms with E-state index in [4.69, 9.17) is 5.73 Å². The van der Waals surface area contributed by atoms with E-state index in [9.17, 15) is 4.79 Å². The van der Waals surface area contributed by atoms with E-state index in [2.05, 4.69) is 22.1 Å². The van der Waals surface area contributed by atoms with Gasteiger partial charge in [0.15, 0.2) is 5.16 Å². The van der Waals surface area contributed by atoms with Gasteiger partial charge in [0.2, 0.25) is 0 Å². The van der Waals surface area contributed by atoms with Gasteiger partial charge in [0.1, 0.15) is 6.33 Å². The van der Waals surface area contributed by atoms with Crippen LogP contribution in [0.25, 0.3) is 0 Å². The minimum absolute atomic E-state index is 0. The summed E-state index contributed by atoms with van der Waals surface area (Å²) in [5, 5.41) is 7.45. The fourth-order valence-corrected chi connectivity index (χ4v) is 3.80. The van der Waals surface area contributed by atoms with Gasteiger partial charge in [0, 0.05) is 30.4 Å². The summed E-state index contributed by atoms with van der Waals surface area (Å²) in [5.74, 6) is 1.51. The van der Waals surface area contributed by atoms with Gasteiger partial charge < -0.3 is 10.6 Å². The molecule has 3 rings (SSSR count). The molecule has 3 N–H and O–H groups in total. The number of aromatic amines is 1. The number of halogens is 2. The van der Waals surface area contributed by atoms with E-state index >= 15 is 0 Å². The number of nitrogens with two attached hydrogens (primary N) is 1. The number of nitrogens with one attached hydrogen (secondary N) is 1. The van der Waals surface area contributed by atoms with Crippen LogP contribution in [0.2, 0.25) is 0 Å². The van der Waals surface area contributed by atoms with E-state index in [1.807, 2.05) is 29.2 Å². The van der Waals surface area contributed by atoms with Gasteiger partial charge in [-0.25, -0.2) is 4.98 Å². The number of H-pyrrole nitrogens is 1. The molecule has 1 saturated heterocycles. The summed E-state index contributed by atoms with van der Waals surface area (Å²) in [6.07, 6.45) is 3.54. The molecule has 2 aromatic rings. The van der Waals surface area contributed by atoms with Crippen LogP contribution in [0.4, 0.5) is 0 Å². The Labute approximate surface area is 170 Å². The van der Waals surface area contributed by atoms with Gasteiger partial charge in [-0.1, -0.05) is 30.8 Å². The Hall–Kier alpha value is -1.28. The Morgan fingerprint density at radius 2 is 2.08 bits per heavy atom. The maximum Gasteiger partial charge on any atom is 0.254 e. The number of thioether (sulfide) groups is 1. The third kappa shape index (κ3) is 5.61. The second-order valence-electron chi connectivity index (χ2n) is 6.29. The first-order chi connectivity index (χ1) is 11.7. The summed E-state index contributed by atoms with van der Waals surface area (Å²) >= 11 is 1.59. The standard InChI is InChI=1S/C17H23N5OS.2ClH/c1-12-6-7-22(15(8-12)9-18)16(23)14-4-2-13(3-5-14)10-24-17-19-11-20-21-17;;/h2-5,11-12,15H,6-10,18H2,1H3,(H,19,20,21);2*1H. The van der Waals surface area contributed by atoms with Crippen molar-refractivity contribution >= 4 is 42.5 Å². The van der Waals surface area contributed by atoms with Crippen LogP contribution in [0.3, 0.4) is 0 Å². The van der Waals surface area contributed by atoms with E-state index < -0.39 is 0 Å². The van der Waals surface area contributed by atoms with Gasteiger partial charge >= 0.3 is 0 Å². The Morgan fingerprint density at radius 1 is 1.35 bits per heavy atom. The maximum absolute atomic E-state index is 12.8. The highest BCUT2D eigenvalue weighted by Gasteiger charge is 2.29. The molecule has 2 atom stereocenters. The molecule has 0 radical (unpaired) electrons. The number of hydrogen-bond acceptors (Lipinski definition) is 5. The molecule has 9 heteroatoms. The SMILES string of the molecule is CC1CCN(C(=O)c2ccc(CSc3ncn[nH]3)cc2)C(CN)C1.Cl.Cl. The molecule has 0 aliphatic carbocycles. The van der Waals surface area contributed by atoms with E-state index in [1.54, 1.807) is 11.8 Å². The van der Waals surface area contributed by atoms with Crippen LogP contribution in [-0.2, 0) is 5.75 Å². The molecular formula is C17H25Cl2N5OS. The van der Waals surface area contributed by atoms with Crippen LogP contribution in [0.5, 0.6) is 0 Å². The van der Waals surface area contributed by atoms with E-state index in [-0.39, 0.29) is 36.8 Å². The zero-order chi connectivity index (χ0) is 16.9. The largest absolute Gasteiger partial charge is 0.334 e. The fraction of sp³-hybridized carbons (Fsp3) is 0.471. The molecule has 1 aliphatic rings. The maximum atomic E-state index is 12.8. The molecular weight excluding hydrogens is 393 g/mol. The smallest absolute Gasteiger partial charge is 0.254 e. The molecule has 2 unspecified atom stereocenters. The number of benzene rings is 1. The Kier molecular flexibility index (Phi) is 9.43. The van der Waals surface area contributed by atoms with Crippen LogP contribution in [0.15, 0.2) is 35.7 Å². The number of carbonyl (C=O) groups excluding carboxylic acids is 1. The van der Waals surface area contributed by atoms with Crippen LogP contribution < -0.4 is 5.73 Å². The lowest BCUT2D eigenvalue weighted by molar-refractivity contribution is 0.0573. The number of amides is 1. The molecule has 2 heterocycles. The van der Waals surface area contributed by atoms with Crippen molar-refractivity contribution in [3.8, 4) is 0 Å². The van der Waals surface area contributed by atoms with Crippen molar-refractivity contribution < 1.29 is 4.79 Å². The minimum Gasteiger partial charge on any atom is -0.334 e. The van der Waals surface area contributed by atoms with Crippen molar-refractivity contribution in [2.75, 3.05) is 13.1 Å². The summed E-state index contributed by atoms with van der Waals surface area (Å²) in [7, 11) is 0. The van der Waals surface area contributed by atoms with Crippen LogP contribution in [-0.4, -0.2) is 45.1 Å². The second kappa shape index (κ2) is 10.8. The van der Waals surface area contributed by atoms with E-state index in [1.165, 1.54) is 6.33 Å². The molecule has 0 spiro atoms. The summed E-state index contributed by atoms with van der Waals surface area (Å²) in [6.45, 7) is 3.55. The van der Waals surface area contributed by atoms with E-state index in [0.717, 1.165) is 41.4 Å². The summed E-state index contributed by atoms with van der Waals surface area (Å²) in [4.78, 5) is 18.8. The molecule has 26 heavy (non-hydrogen) atoms. The summed E-state index contributed by atoms with van der Waals surface area (Å²) in [5.41, 5.74) is 7.75. The Morgan fingerprint density at radius 3 is 2.69 bits per heavy atom. The van der Waals surface area contributed by atoms with Crippen molar-refractivity contribution in [3.05, 3.63) is 41.7 Å². The number of rotatable bonds is 5. The second-order valence-corrected chi connectivity index (χ2v) is 7.26. The van der Waals surface area contributed by atoms with Crippen molar-refractivity contribution in [1.29, 1.82) is 0 Å². The van der Waals surface area contributed by atoms with Gasteiger partial charge in [-0.15, -0.1) is 24.8 Å². The van der Waals surface area contributed by atoms with Gasteiger partial charge in [-0.05, 0) is 36.5 Å². The molecule has 1 aromatic heterocycles. The van der Waals surface area contributed by atoms with Crippen molar-refractivity contribution in [2.45, 2.75) is 36.7 Å². The van der Waals surface area contributed by atoms with Crippen molar-refractivity contribution in [1.82, 2.24) is 20.1 Å². The number of carbonyl (C=O) groups is 1. The summed E-state index contributed by atoms with van der Waals surface area (Å²) < 4.78 is 0. The number of hydrogen-bond donors (Lipinski definition) is 2. The third-order valence-corrected chi connectivity index (χ3v) is 5.43. The van der Waals surface area contributed by atoms with Crippen LogP contribution in [0, 0.1) is 5.92 Å². The normalized spacial score (nSPS) is 19.4. The van der Waals surface area contributed by atoms with Crippen LogP contribution in [0.1, 0.15) is 35.7 Å². The topological polar surface area (TPSA) is 87.9 Å². The molecule has 0 bridgehead atoms. The predicted molar refractivity (Wildman–Crippen MR) is 109 cm³/mol. The quantitative estimate of drug-likeness (QED) is 0.729. The zero-order valence-electron chi connectivity index (χ0n) is 14.6. The van der Waals surface area contributed by atoms with Gasteiger partial charge in [-0.2, -0.15) is 5.10 Å². The highest BCUT2D eigenvalue weighted by atomic mass is 35.5. The molecule has 0 saturated carbocycles. The average Bonchev–Trinajstić information content (AvgIpc) is 3.13. The molecule has 1 aliphatic heterocycles. The van der Waals surface area contributed by atoms with Crippen LogP contribution >= 0.6 is 36.6 Å². The minimum atomic E-state index is 0. The van der Waals surface area contributed by atoms with Crippen molar-refractivity contribution in [2.24, 2.45) is 11.7 Å². The number of aromatic nitrogens is 3. The Bertz CT molecular complexity index is 668. The number of nitrogens with zero attached hydrogens (tertiary/aromatic N) is 3. The lowest BCUT2D eigenvalue weighted by atomic mass is 9.92. The molecule has 1 fully saturated rings. The molecule has 1 aromatic carbocycles. The first-order valence-corrected chi connectivity index (χ1v) is 9.24. The highest BCUT2D eigenvalue weighted by Crippen LogP contribution is 2.24. The number of likely N-dealkylation sites (tertiary alicyclic amines) is 1. The third-order valence-electron chi connectivity index (χ3n) is 4.48. The first-order valence-electron chi connectivity index (χ1n) is 8.25. The lowest BCUT2D eigenvalue weighted by Gasteiger charge is -2.38. The predicted octanol–water partition coefficient (Wildman–Crippen LogP) is 3.14. The Balaban J connectivity index is 0.00000169. The zero-order valence-corrected chi connectivity index (χ0v) is 17.1. The molecule has 6 nitrogen and oxygen atoms in total. The first kappa shape index (κ1) is 22.8. The summed E-state index contributed by atoms with van der Waals surface area (Å²) in [6, 6.07) is 7.97. The van der Waals surface area contributed by atoms with Gasteiger partial charge in [0.05, 0.1) is 0 Å². The van der Waals surface area contributed by atoms with Gasteiger partial charge in [0.25, 0.3) is 5.91 Å². The molecule has 144 valence electrons. The van der Waals surface area contributed by atoms with Crippen molar-refractivity contribution in [3.63, 3.8) is 0 Å². The fourth-order valence-electron chi connectivity index (χ4n) is 3.07. The highest BCUT2D eigenvalue weighted by molar-refractivity contribution is 7.98. The average molecular weight is 418 g/mol. The lowest BCUT2D eigenvalue weighted by Crippen LogP contribution is -2.49. The monoisotopic (exact) mass is 417 g/mol.